The van der Waals surface area contributed by atoms with E-state index in [4.69, 9.17) is 4.74 Å². The van der Waals surface area contributed by atoms with Gasteiger partial charge in [0.15, 0.2) is 5.96 Å². The number of fused-ring (bicyclic) bond motifs is 2. The van der Waals surface area contributed by atoms with Gasteiger partial charge in [0.25, 0.3) is 0 Å². The lowest BCUT2D eigenvalue weighted by Crippen LogP contribution is -2.48. The van der Waals surface area contributed by atoms with Crippen molar-refractivity contribution in [2.75, 3.05) is 7.05 Å². The molecule has 2 aliphatic heterocycles. The second-order valence-electron chi connectivity index (χ2n) is 6.87. The molecule has 2 N–H and O–H groups in total. The summed E-state index contributed by atoms with van der Waals surface area (Å²) >= 11 is 0. The maximum atomic E-state index is 5.91. The van der Waals surface area contributed by atoms with Crippen LogP contribution in [0.25, 0.3) is 0 Å². The summed E-state index contributed by atoms with van der Waals surface area (Å²) in [5.74, 6) is 1.68. The molecule has 1 saturated carbocycles. The minimum absolute atomic E-state index is 0.392. The molecule has 2 bridgehead atoms. The number of rotatable bonds is 4. The number of nitrogens with one attached hydrogen (secondary N) is 2. The van der Waals surface area contributed by atoms with Crippen molar-refractivity contribution in [3.63, 3.8) is 0 Å². The van der Waals surface area contributed by atoms with Crippen LogP contribution in [0.5, 0.6) is 0 Å². The summed E-state index contributed by atoms with van der Waals surface area (Å²) in [6.45, 7) is 0. The quantitative estimate of drug-likeness (QED) is 0.661. The highest BCUT2D eigenvalue weighted by Crippen LogP contribution is 2.35. The van der Waals surface area contributed by atoms with Gasteiger partial charge in [-0.25, -0.2) is 0 Å². The second-order valence-corrected chi connectivity index (χ2v) is 6.87. The SMILES string of the molecule is CN=C(NC1CC1Cc1ccccc1)NC1CC2CCC1O2. The molecule has 1 aromatic rings. The third-order valence-electron chi connectivity index (χ3n) is 5.24. The van der Waals surface area contributed by atoms with Gasteiger partial charge >= 0.3 is 0 Å². The molecule has 0 radical (unpaired) electrons. The molecule has 5 unspecified atom stereocenters. The van der Waals surface area contributed by atoms with Crippen LogP contribution in [-0.4, -0.2) is 37.3 Å². The first-order valence-electron chi connectivity index (χ1n) is 8.51. The monoisotopic (exact) mass is 299 g/mol. The van der Waals surface area contributed by atoms with Crippen molar-refractivity contribution in [2.24, 2.45) is 10.9 Å². The largest absolute Gasteiger partial charge is 0.373 e. The Balaban J connectivity index is 1.26. The average molecular weight is 299 g/mol. The van der Waals surface area contributed by atoms with Crippen molar-refractivity contribution in [1.82, 2.24) is 10.6 Å². The van der Waals surface area contributed by atoms with Gasteiger partial charge in [-0.3, -0.25) is 4.99 Å². The van der Waals surface area contributed by atoms with Crippen LogP contribution in [0.4, 0.5) is 0 Å². The third-order valence-corrected chi connectivity index (χ3v) is 5.24. The first kappa shape index (κ1) is 14.1. The summed E-state index contributed by atoms with van der Waals surface area (Å²) in [6.07, 6.45) is 6.82. The fourth-order valence-electron chi connectivity index (χ4n) is 3.88. The van der Waals surface area contributed by atoms with Gasteiger partial charge < -0.3 is 15.4 Å². The maximum absolute atomic E-state index is 5.91. The van der Waals surface area contributed by atoms with Crippen molar-refractivity contribution in [3.05, 3.63) is 35.9 Å². The topological polar surface area (TPSA) is 45.7 Å². The molecule has 3 fully saturated rings. The Labute approximate surface area is 132 Å². The Morgan fingerprint density at radius 1 is 1.14 bits per heavy atom. The molecular formula is C18H25N3O. The number of benzene rings is 1. The van der Waals surface area contributed by atoms with Crippen molar-refractivity contribution in [2.45, 2.75) is 56.4 Å². The fourth-order valence-corrected chi connectivity index (χ4v) is 3.88. The molecule has 1 aromatic carbocycles. The molecule has 4 nitrogen and oxygen atoms in total. The van der Waals surface area contributed by atoms with E-state index in [-0.39, 0.29) is 0 Å². The second kappa shape index (κ2) is 5.92. The predicted octanol–water partition coefficient (Wildman–Crippen LogP) is 2.10. The molecular weight excluding hydrogens is 274 g/mol. The Kier molecular flexibility index (Phi) is 3.78. The molecule has 5 atom stereocenters. The van der Waals surface area contributed by atoms with Gasteiger partial charge in [0.2, 0.25) is 0 Å². The molecule has 0 spiro atoms. The molecule has 4 rings (SSSR count). The minimum atomic E-state index is 0.392. The Bertz CT molecular complexity index is 545. The van der Waals surface area contributed by atoms with E-state index in [1.165, 1.54) is 24.8 Å². The van der Waals surface area contributed by atoms with E-state index in [0.717, 1.165) is 24.7 Å². The van der Waals surface area contributed by atoms with Crippen LogP contribution in [-0.2, 0) is 11.2 Å². The number of hydrogen-bond acceptors (Lipinski definition) is 2. The zero-order valence-electron chi connectivity index (χ0n) is 13.2. The summed E-state index contributed by atoms with van der Waals surface area (Å²) in [5.41, 5.74) is 1.43. The molecule has 2 saturated heterocycles. The van der Waals surface area contributed by atoms with Crippen LogP contribution in [0.3, 0.4) is 0 Å². The van der Waals surface area contributed by atoms with Gasteiger partial charge in [-0.1, -0.05) is 30.3 Å². The fraction of sp³-hybridized carbons (Fsp3) is 0.611. The summed E-state index contributed by atoms with van der Waals surface area (Å²) in [4.78, 5) is 4.40. The van der Waals surface area contributed by atoms with Crippen LogP contribution in [0.15, 0.2) is 35.3 Å². The van der Waals surface area contributed by atoms with E-state index in [2.05, 4.69) is 46.0 Å². The number of hydrogen-bond donors (Lipinski definition) is 2. The van der Waals surface area contributed by atoms with Gasteiger partial charge in [0.05, 0.1) is 18.2 Å². The lowest BCUT2D eigenvalue weighted by atomic mass is 9.96. The molecule has 2 heterocycles. The van der Waals surface area contributed by atoms with E-state index >= 15 is 0 Å². The van der Waals surface area contributed by atoms with Crippen LogP contribution in [0, 0.1) is 5.92 Å². The Morgan fingerprint density at radius 3 is 2.64 bits per heavy atom. The zero-order chi connectivity index (χ0) is 14.9. The van der Waals surface area contributed by atoms with E-state index < -0.39 is 0 Å². The lowest BCUT2D eigenvalue weighted by molar-refractivity contribution is 0.0992. The minimum Gasteiger partial charge on any atom is -0.373 e. The summed E-state index contributed by atoms with van der Waals surface area (Å²) in [6, 6.07) is 11.8. The molecule has 1 aliphatic carbocycles. The molecule has 22 heavy (non-hydrogen) atoms. The standard InChI is InChI=1S/C18H25N3O/c1-19-18(21-16-11-14-7-8-17(16)22-14)20-15-10-13(15)9-12-5-3-2-4-6-12/h2-6,13-17H,7-11H2,1H3,(H2,19,20,21). The first-order chi connectivity index (χ1) is 10.8. The Hall–Kier alpha value is -1.55. The highest BCUT2D eigenvalue weighted by molar-refractivity contribution is 5.80. The normalized spacial score (nSPS) is 36.4. The van der Waals surface area contributed by atoms with Gasteiger partial charge in [-0.2, -0.15) is 0 Å². The highest BCUT2D eigenvalue weighted by Gasteiger charge is 2.42. The van der Waals surface area contributed by atoms with Crippen molar-refractivity contribution in [1.29, 1.82) is 0 Å². The highest BCUT2D eigenvalue weighted by atomic mass is 16.5. The van der Waals surface area contributed by atoms with Gasteiger partial charge in [0, 0.05) is 13.1 Å². The van der Waals surface area contributed by atoms with E-state index in [1.54, 1.807) is 0 Å². The van der Waals surface area contributed by atoms with Crippen molar-refractivity contribution >= 4 is 5.96 Å². The molecule has 0 aromatic heterocycles. The van der Waals surface area contributed by atoms with Gasteiger partial charge in [-0.05, 0) is 43.6 Å². The lowest BCUT2D eigenvalue weighted by Gasteiger charge is -2.22. The van der Waals surface area contributed by atoms with E-state index in [9.17, 15) is 0 Å². The molecule has 0 amide bonds. The predicted molar refractivity (Wildman–Crippen MR) is 88.0 cm³/mol. The van der Waals surface area contributed by atoms with Crippen LogP contribution < -0.4 is 10.6 Å². The van der Waals surface area contributed by atoms with Crippen LogP contribution >= 0.6 is 0 Å². The first-order valence-corrected chi connectivity index (χ1v) is 8.51. The number of ether oxygens (including phenoxy) is 1. The third kappa shape index (κ3) is 2.98. The summed E-state index contributed by atoms with van der Waals surface area (Å²) in [7, 11) is 1.86. The van der Waals surface area contributed by atoms with Crippen LogP contribution in [0.1, 0.15) is 31.2 Å². The summed E-state index contributed by atoms with van der Waals surface area (Å²) < 4.78 is 5.91. The molecule has 118 valence electrons. The number of nitrogens with zero attached hydrogens (tertiary/aromatic N) is 1. The molecule has 4 heteroatoms. The molecule has 3 aliphatic rings. The smallest absolute Gasteiger partial charge is 0.191 e. The van der Waals surface area contributed by atoms with Crippen molar-refractivity contribution in [3.8, 4) is 0 Å². The number of aliphatic imine (C=N–C) groups is 1. The van der Waals surface area contributed by atoms with Gasteiger partial charge in [0.1, 0.15) is 0 Å². The Morgan fingerprint density at radius 2 is 1.95 bits per heavy atom. The van der Waals surface area contributed by atoms with E-state index in [1.807, 2.05) is 7.05 Å². The van der Waals surface area contributed by atoms with Gasteiger partial charge in [-0.15, -0.1) is 0 Å². The van der Waals surface area contributed by atoms with Crippen molar-refractivity contribution < 1.29 is 4.74 Å². The summed E-state index contributed by atoms with van der Waals surface area (Å²) in [5, 5.41) is 7.15. The zero-order valence-corrected chi connectivity index (χ0v) is 13.2. The maximum Gasteiger partial charge on any atom is 0.191 e. The average Bonchev–Trinajstić information content (AvgIpc) is 2.96. The number of guanidine groups is 1. The van der Waals surface area contributed by atoms with E-state index in [0.29, 0.717) is 24.3 Å². The van der Waals surface area contributed by atoms with Crippen LogP contribution in [0.2, 0.25) is 0 Å².